The molecule has 0 atom stereocenters. The molecule has 5 rings (SSSR count). The molecule has 5 nitrogen and oxygen atoms in total. The molecule has 0 aliphatic rings. The molecule has 0 saturated carbocycles. The number of nitrogens with one attached hydrogen (secondary N) is 1. The molecule has 168 valence electrons. The van der Waals surface area contributed by atoms with Gasteiger partial charge in [0.1, 0.15) is 17.9 Å². The maximum atomic E-state index is 12.4. The Hall–Kier alpha value is -3.17. The van der Waals surface area contributed by atoms with Crippen LogP contribution in [0.1, 0.15) is 21.7 Å². The van der Waals surface area contributed by atoms with Gasteiger partial charge in [-0.3, -0.25) is 4.79 Å². The van der Waals surface area contributed by atoms with Gasteiger partial charge in [-0.15, -0.1) is 0 Å². The number of ether oxygens (including phenoxy) is 1. The third-order valence-electron chi connectivity index (χ3n) is 5.30. The van der Waals surface area contributed by atoms with Crippen molar-refractivity contribution in [3.63, 3.8) is 0 Å². The van der Waals surface area contributed by atoms with Gasteiger partial charge in [0, 0.05) is 9.86 Å². The summed E-state index contributed by atoms with van der Waals surface area (Å²) in [7, 11) is 0. The number of furan rings is 1. The third kappa shape index (κ3) is 5.00. The minimum atomic E-state index is -0.409. The van der Waals surface area contributed by atoms with Crippen LogP contribution in [0.3, 0.4) is 0 Å². The lowest BCUT2D eigenvalue weighted by Gasteiger charge is -2.11. The molecule has 1 amide bonds. The maximum absolute atomic E-state index is 12.4. The molecular weight excluding hydrogens is 607 g/mol. The van der Waals surface area contributed by atoms with Crippen molar-refractivity contribution in [2.45, 2.75) is 6.61 Å². The van der Waals surface area contributed by atoms with Crippen LogP contribution in [-0.4, -0.2) is 12.1 Å². The van der Waals surface area contributed by atoms with Crippen LogP contribution in [0.4, 0.5) is 0 Å². The van der Waals surface area contributed by atoms with E-state index in [1.807, 2.05) is 54.6 Å². The first-order valence-electron chi connectivity index (χ1n) is 10.5. The Morgan fingerprint density at radius 2 is 1.85 bits per heavy atom. The highest BCUT2D eigenvalue weighted by molar-refractivity contribution is 14.1. The fraction of sp³-hybridized carbons (Fsp3) is 0.0370. The number of benzene rings is 4. The summed E-state index contributed by atoms with van der Waals surface area (Å²) in [6.07, 6.45) is 1.59. The van der Waals surface area contributed by atoms with Crippen LogP contribution in [-0.2, 0) is 6.61 Å². The Labute approximate surface area is 218 Å². The van der Waals surface area contributed by atoms with E-state index in [1.54, 1.807) is 12.3 Å². The van der Waals surface area contributed by atoms with Gasteiger partial charge in [-0.1, -0.05) is 58.4 Å². The number of fused-ring (bicyclic) bond motifs is 2. The second kappa shape index (κ2) is 9.99. The van der Waals surface area contributed by atoms with E-state index in [9.17, 15) is 4.79 Å². The van der Waals surface area contributed by atoms with Crippen molar-refractivity contribution in [2.24, 2.45) is 5.10 Å². The van der Waals surface area contributed by atoms with Gasteiger partial charge in [0.25, 0.3) is 0 Å². The van der Waals surface area contributed by atoms with E-state index in [0.717, 1.165) is 30.3 Å². The van der Waals surface area contributed by atoms with Gasteiger partial charge in [-0.25, -0.2) is 5.43 Å². The van der Waals surface area contributed by atoms with E-state index in [-0.39, 0.29) is 5.76 Å². The van der Waals surface area contributed by atoms with Crippen LogP contribution in [0.15, 0.2) is 98.9 Å². The highest BCUT2D eigenvalue weighted by Crippen LogP contribution is 2.25. The standard InChI is InChI=1S/C27H18BrIN2O3/c28-21-9-11-24-20(13-21)14-26(34-24)27(32)31-30-15-17-8-10-25(23(29)12-17)33-16-19-6-3-5-18-4-1-2-7-22(18)19/h1-15H,16H2,(H,31,32)/b30-15+. The number of amides is 1. The van der Waals surface area contributed by atoms with Crippen molar-refractivity contribution < 1.29 is 13.9 Å². The van der Waals surface area contributed by atoms with E-state index in [4.69, 9.17) is 9.15 Å². The summed E-state index contributed by atoms with van der Waals surface area (Å²) in [5.41, 5.74) is 5.14. The maximum Gasteiger partial charge on any atom is 0.307 e. The zero-order valence-electron chi connectivity index (χ0n) is 17.8. The van der Waals surface area contributed by atoms with Crippen LogP contribution in [0.25, 0.3) is 21.7 Å². The molecule has 0 aliphatic carbocycles. The summed E-state index contributed by atoms with van der Waals surface area (Å²) in [6, 6.07) is 27.5. The molecule has 0 saturated heterocycles. The van der Waals surface area contributed by atoms with Crippen LogP contribution < -0.4 is 10.2 Å². The molecule has 0 radical (unpaired) electrons. The number of hydrogen-bond acceptors (Lipinski definition) is 4. The van der Waals surface area contributed by atoms with E-state index in [2.05, 4.69) is 73.3 Å². The number of carbonyl (C=O) groups is 1. The normalized spacial score (nSPS) is 11.4. The summed E-state index contributed by atoms with van der Waals surface area (Å²) in [6.45, 7) is 0.481. The fourth-order valence-electron chi connectivity index (χ4n) is 3.63. The Balaban J connectivity index is 1.23. The summed E-state index contributed by atoms with van der Waals surface area (Å²) < 4.78 is 13.6. The first kappa shape index (κ1) is 22.6. The monoisotopic (exact) mass is 624 g/mol. The first-order valence-corrected chi connectivity index (χ1v) is 12.4. The average molecular weight is 625 g/mol. The van der Waals surface area contributed by atoms with E-state index in [1.165, 1.54) is 10.8 Å². The molecule has 0 aliphatic heterocycles. The molecular formula is C27H18BrIN2O3. The lowest BCUT2D eigenvalue weighted by molar-refractivity contribution is 0.0929. The first-order chi connectivity index (χ1) is 16.6. The molecule has 1 heterocycles. The quantitative estimate of drug-likeness (QED) is 0.123. The Morgan fingerprint density at radius 1 is 1.00 bits per heavy atom. The zero-order valence-corrected chi connectivity index (χ0v) is 21.5. The van der Waals surface area contributed by atoms with Crippen molar-refractivity contribution in [3.05, 3.63) is 110 Å². The second-order valence-electron chi connectivity index (χ2n) is 7.61. The summed E-state index contributed by atoms with van der Waals surface area (Å²) in [5.74, 6) is 0.591. The second-order valence-corrected chi connectivity index (χ2v) is 9.69. The van der Waals surface area contributed by atoms with E-state index >= 15 is 0 Å². The number of hydrogen-bond donors (Lipinski definition) is 1. The lowest BCUT2D eigenvalue weighted by Crippen LogP contribution is -2.16. The SMILES string of the molecule is O=C(N/N=C/c1ccc(OCc2cccc3ccccc23)c(I)c1)c1cc2cc(Br)ccc2o1. The van der Waals surface area contributed by atoms with Gasteiger partial charge in [-0.05, 0) is 87.0 Å². The molecule has 0 unspecified atom stereocenters. The molecule has 5 aromatic rings. The van der Waals surface area contributed by atoms with Crippen LogP contribution >= 0.6 is 38.5 Å². The number of carbonyl (C=O) groups excluding carboxylic acids is 1. The van der Waals surface area contributed by atoms with Crippen LogP contribution in [0, 0.1) is 3.57 Å². The smallest absolute Gasteiger partial charge is 0.307 e. The van der Waals surface area contributed by atoms with Gasteiger partial charge in [0.2, 0.25) is 0 Å². The van der Waals surface area contributed by atoms with E-state index in [0.29, 0.717) is 12.2 Å². The largest absolute Gasteiger partial charge is 0.488 e. The van der Waals surface area contributed by atoms with Gasteiger partial charge in [0.15, 0.2) is 5.76 Å². The van der Waals surface area contributed by atoms with Crippen LogP contribution in [0.2, 0.25) is 0 Å². The van der Waals surface area contributed by atoms with Gasteiger partial charge >= 0.3 is 5.91 Å². The molecule has 7 heteroatoms. The molecule has 34 heavy (non-hydrogen) atoms. The summed E-state index contributed by atoms with van der Waals surface area (Å²) >= 11 is 5.65. The lowest BCUT2D eigenvalue weighted by atomic mass is 10.1. The van der Waals surface area contributed by atoms with Crippen LogP contribution in [0.5, 0.6) is 5.75 Å². The summed E-state index contributed by atoms with van der Waals surface area (Å²) in [5, 5.41) is 7.30. The Morgan fingerprint density at radius 3 is 2.74 bits per heavy atom. The number of hydrazone groups is 1. The predicted octanol–water partition coefficient (Wildman–Crippen LogP) is 7.30. The van der Waals surface area contributed by atoms with Crippen molar-refractivity contribution in [1.82, 2.24) is 5.43 Å². The Kier molecular flexibility index (Phi) is 6.64. The number of rotatable bonds is 6. The van der Waals surface area contributed by atoms with Crippen molar-refractivity contribution in [3.8, 4) is 5.75 Å². The molecule has 4 aromatic carbocycles. The average Bonchev–Trinajstić information content (AvgIpc) is 3.27. The number of halogens is 2. The van der Waals surface area contributed by atoms with Crippen molar-refractivity contribution in [2.75, 3.05) is 0 Å². The topological polar surface area (TPSA) is 63.8 Å². The summed E-state index contributed by atoms with van der Waals surface area (Å²) in [4.78, 5) is 12.4. The zero-order chi connectivity index (χ0) is 23.5. The molecule has 1 aromatic heterocycles. The van der Waals surface area contributed by atoms with Gasteiger partial charge in [0.05, 0.1) is 9.78 Å². The van der Waals surface area contributed by atoms with E-state index < -0.39 is 5.91 Å². The highest BCUT2D eigenvalue weighted by atomic mass is 127. The predicted molar refractivity (Wildman–Crippen MR) is 146 cm³/mol. The highest BCUT2D eigenvalue weighted by Gasteiger charge is 2.12. The molecule has 0 spiro atoms. The minimum absolute atomic E-state index is 0.206. The Bertz CT molecular complexity index is 1540. The third-order valence-corrected chi connectivity index (χ3v) is 6.64. The molecule has 0 fully saturated rings. The minimum Gasteiger partial charge on any atom is -0.488 e. The molecule has 0 bridgehead atoms. The van der Waals surface area contributed by atoms with Gasteiger partial charge < -0.3 is 9.15 Å². The molecule has 1 N–H and O–H groups in total. The van der Waals surface area contributed by atoms with Gasteiger partial charge in [-0.2, -0.15) is 5.10 Å². The fourth-order valence-corrected chi connectivity index (χ4v) is 4.71. The number of nitrogens with zero attached hydrogens (tertiary/aromatic N) is 1. The van der Waals surface area contributed by atoms with Crippen molar-refractivity contribution >= 4 is 72.4 Å². The van der Waals surface area contributed by atoms with Crippen molar-refractivity contribution in [1.29, 1.82) is 0 Å².